The zero-order valence-corrected chi connectivity index (χ0v) is 32.7. The van der Waals surface area contributed by atoms with Gasteiger partial charge in [-0.25, -0.2) is 9.97 Å². The molecular weight excluding hydrogens is 746 g/mol. The van der Waals surface area contributed by atoms with Crippen LogP contribution < -0.4 is 26.2 Å². The van der Waals surface area contributed by atoms with Gasteiger partial charge < -0.3 is 30.7 Å². The van der Waals surface area contributed by atoms with Crippen molar-refractivity contribution < 1.29 is 19.2 Å². The molecule has 7 heterocycles. The van der Waals surface area contributed by atoms with Gasteiger partial charge in [0.2, 0.25) is 17.8 Å². The Morgan fingerprint density at radius 3 is 2.49 bits per heavy atom. The third-order valence-corrected chi connectivity index (χ3v) is 12.8. The second-order valence-corrected chi connectivity index (χ2v) is 16.6. The van der Waals surface area contributed by atoms with Gasteiger partial charge in [-0.05, 0) is 87.1 Å². The molecule has 57 heavy (non-hydrogen) atoms. The first-order valence-electron chi connectivity index (χ1n) is 20.3. The summed E-state index contributed by atoms with van der Waals surface area (Å²) >= 11 is 6.28. The van der Waals surface area contributed by atoms with E-state index in [2.05, 4.69) is 58.3 Å². The van der Waals surface area contributed by atoms with Gasteiger partial charge in [0.15, 0.2) is 5.69 Å². The predicted molar refractivity (Wildman–Crippen MR) is 217 cm³/mol. The van der Waals surface area contributed by atoms with E-state index in [0.29, 0.717) is 36.2 Å². The number of hydrogen-bond donors (Lipinski definition) is 3. The van der Waals surface area contributed by atoms with Gasteiger partial charge in [-0.3, -0.25) is 29.2 Å². The standard InChI is InChI=1S/C41H48ClN11O4/c42-31-21-44-41(43)47-37(31)39(56)45-33-18-27-24-53(48-32(27)20-35(33)51-12-2-1-3-13-51)28-10-14-49(15-11-28)22-25-8-16-50(17-9-25)29-5-4-26-23-52(40(57)30(26)19-29)34-6-7-36(54)46-38(34)55/h4-5,18-21,24-25,28,34H,1-3,6-17,22-23H2,(H,45,56)(H2,43,44,47)(H,46,54,55). The minimum Gasteiger partial charge on any atom is -0.371 e. The molecule has 4 fully saturated rings. The Morgan fingerprint density at radius 2 is 1.72 bits per heavy atom. The van der Waals surface area contributed by atoms with Gasteiger partial charge in [0.05, 0.1) is 34.2 Å². The van der Waals surface area contributed by atoms with Crippen LogP contribution in [0.1, 0.15) is 90.2 Å². The molecule has 0 bridgehead atoms. The number of amides is 4. The van der Waals surface area contributed by atoms with E-state index in [1.165, 1.54) is 12.6 Å². The number of halogens is 1. The minimum atomic E-state index is -0.601. The molecule has 4 N–H and O–H groups in total. The number of nitrogens with one attached hydrogen (secondary N) is 2. The van der Waals surface area contributed by atoms with Crippen molar-refractivity contribution in [2.45, 2.75) is 76.4 Å². The minimum absolute atomic E-state index is 0.0109. The molecule has 4 aromatic rings. The molecule has 5 aliphatic heterocycles. The van der Waals surface area contributed by atoms with Crippen molar-refractivity contribution in [1.29, 1.82) is 0 Å². The highest BCUT2D eigenvalue weighted by atomic mass is 35.5. The smallest absolute Gasteiger partial charge is 0.276 e. The molecule has 4 amide bonds. The average Bonchev–Trinajstić information content (AvgIpc) is 3.79. The van der Waals surface area contributed by atoms with E-state index < -0.39 is 11.9 Å². The number of imide groups is 1. The summed E-state index contributed by atoms with van der Waals surface area (Å²) in [7, 11) is 0. The lowest BCUT2D eigenvalue weighted by atomic mass is 9.94. The van der Waals surface area contributed by atoms with Crippen LogP contribution in [0, 0.1) is 5.92 Å². The predicted octanol–water partition coefficient (Wildman–Crippen LogP) is 4.62. The number of nitrogens with two attached hydrogens (primary N) is 1. The Balaban J connectivity index is 0.803. The average molecular weight is 794 g/mol. The lowest BCUT2D eigenvalue weighted by Gasteiger charge is -2.38. The fourth-order valence-electron chi connectivity index (χ4n) is 9.33. The lowest BCUT2D eigenvalue weighted by molar-refractivity contribution is -0.136. The highest BCUT2D eigenvalue weighted by Crippen LogP contribution is 2.36. The van der Waals surface area contributed by atoms with Crippen molar-refractivity contribution in [2.75, 3.05) is 66.7 Å². The second-order valence-electron chi connectivity index (χ2n) is 16.2. The molecule has 15 nitrogen and oxygen atoms in total. The van der Waals surface area contributed by atoms with E-state index in [1.807, 2.05) is 18.2 Å². The Morgan fingerprint density at radius 1 is 0.930 bits per heavy atom. The van der Waals surface area contributed by atoms with E-state index in [4.69, 9.17) is 22.4 Å². The van der Waals surface area contributed by atoms with Crippen molar-refractivity contribution in [2.24, 2.45) is 5.92 Å². The van der Waals surface area contributed by atoms with Crippen molar-refractivity contribution >= 4 is 69.1 Å². The third-order valence-electron chi connectivity index (χ3n) is 12.5. The zero-order chi connectivity index (χ0) is 39.2. The molecule has 16 heteroatoms. The summed E-state index contributed by atoms with van der Waals surface area (Å²) in [6.45, 7) is 7.21. The number of hydrogen-bond acceptors (Lipinski definition) is 11. The van der Waals surface area contributed by atoms with Gasteiger partial charge in [0, 0.05) is 81.6 Å². The monoisotopic (exact) mass is 793 g/mol. The molecule has 298 valence electrons. The molecule has 0 aliphatic carbocycles. The maximum absolute atomic E-state index is 13.4. The number of fused-ring (bicyclic) bond motifs is 2. The Hall–Kier alpha value is -5.28. The van der Waals surface area contributed by atoms with Crippen LogP contribution >= 0.6 is 11.6 Å². The van der Waals surface area contributed by atoms with E-state index >= 15 is 0 Å². The summed E-state index contributed by atoms with van der Waals surface area (Å²) in [5.41, 5.74) is 11.0. The van der Waals surface area contributed by atoms with Gasteiger partial charge in [-0.2, -0.15) is 5.10 Å². The summed E-state index contributed by atoms with van der Waals surface area (Å²) in [6.07, 6.45) is 11.7. The van der Waals surface area contributed by atoms with Crippen LogP contribution in [-0.2, 0) is 16.1 Å². The number of rotatable bonds is 8. The van der Waals surface area contributed by atoms with Gasteiger partial charge in [-0.1, -0.05) is 17.7 Å². The molecule has 9 rings (SSSR count). The molecular formula is C41H48ClN11O4. The van der Waals surface area contributed by atoms with Crippen molar-refractivity contribution in [3.8, 4) is 0 Å². The molecule has 1 atom stereocenters. The first-order valence-corrected chi connectivity index (χ1v) is 20.7. The number of aromatic nitrogens is 4. The van der Waals surface area contributed by atoms with E-state index in [1.54, 1.807) is 4.90 Å². The number of carbonyl (C=O) groups excluding carboxylic acids is 4. The molecule has 4 saturated heterocycles. The molecule has 5 aliphatic rings. The lowest BCUT2D eigenvalue weighted by Crippen LogP contribution is -2.52. The van der Waals surface area contributed by atoms with Crippen molar-refractivity contribution in [1.82, 2.24) is 34.9 Å². The van der Waals surface area contributed by atoms with Gasteiger partial charge in [0.25, 0.3) is 11.8 Å². The van der Waals surface area contributed by atoms with E-state index in [9.17, 15) is 19.2 Å². The number of piperidine rings is 4. The Kier molecular flexibility index (Phi) is 10.2. The highest BCUT2D eigenvalue weighted by Gasteiger charge is 2.39. The van der Waals surface area contributed by atoms with E-state index in [0.717, 1.165) is 112 Å². The molecule has 2 aromatic carbocycles. The maximum atomic E-state index is 13.4. The second kappa shape index (κ2) is 15.6. The number of likely N-dealkylation sites (tertiary alicyclic amines) is 1. The van der Waals surface area contributed by atoms with Crippen LogP contribution in [0.2, 0.25) is 5.02 Å². The van der Waals surface area contributed by atoms with Crippen LogP contribution in [-0.4, -0.2) is 105 Å². The summed E-state index contributed by atoms with van der Waals surface area (Å²) in [4.78, 5) is 67.7. The molecule has 2 aromatic heterocycles. The van der Waals surface area contributed by atoms with Gasteiger partial charge in [-0.15, -0.1) is 0 Å². The zero-order valence-electron chi connectivity index (χ0n) is 32.0. The fourth-order valence-corrected chi connectivity index (χ4v) is 9.51. The summed E-state index contributed by atoms with van der Waals surface area (Å²) in [6, 6.07) is 9.91. The van der Waals surface area contributed by atoms with E-state index in [-0.39, 0.29) is 40.8 Å². The molecule has 1 unspecified atom stereocenters. The highest BCUT2D eigenvalue weighted by molar-refractivity contribution is 6.34. The van der Waals surface area contributed by atoms with Crippen molar-refractivity contribution in [3.05, 3.63) is 64.6 Å². The Labute approximate surface area is 335 Å². The largest absolute Gasteiger partial charge is 0.371 e. The van der Waals surface area contributed by atoms with Crippen molar-refractivity contribution in [3.63, 3.8) is 0 Å². The first kappa shape index (κ1) is 37.3. The molecule has 0 saturated carbocycles. The number of benzene rings is 2. The normalized spacial score (nSPS) is 21.3. The van der Waals surface area contributed by atoms with Crippen LogP contribution in [0.15, 0.2) is 42.7 Å². The quantitative estimate of drug-likeness (QED) is 0.213. The summed E-state index contributed by atoms with van der Waals surface area (Å²) in [5, 5.41) is 11.6. The number of anilines is 4. The van der Waals surface area contributed by atoms with Crippen LogP contribution in [0.25, 0.3) is 10.9 Å². The number of nitrogens with zero attached hydrogens (tertiary/aromatic N) is 8. The van der Waals surface area contributed by atoms with Gasteiger partial charge >= 0.3 is 0 Å². The fraction of sp³-hybridized carbons (Fsp3) is 0.488. The van der Waals surface area contributed by atoms with Crippen LogP contribution in [0.3, 0.4) is 0 Å². The number of carbonyl (C=O) groups is 4. The maximum Gasteiger partial charge on any atom is 0.276 e. The Bertz CT molecular complexity index is 2220. The molecule has 0 spiro atoms. The SMILES string of the molecule is Nc1ncc(Cl)c(C(=O)Nc2cc3cn(C4CCN(CC5CCN(c6ccc7c(c6)C(=O)N(C6CCC(=O)NC6=O)C7)CC5)CC4)nc3cc2N2CCCCC2)n1. The van der Waals surface area contributed by atoms with Gasteiger partial charge in [0.1, 0.15) is 6.04 Å². The number of nitrogen functional groups attached to an aromatic ring is 1. The third kappa shape index (κ3) is 7.62. The molecule has 0 radical (unpaired) electrons. The first-order chi connectivity index (χ1) is 27.7. The summed E-state index contributed by atoms with van der Waals surface area (Å²) < 4.78 is 2.12. The van der Waals surface area contributed by atoms with Crippen LogP contribution in [0.5, 0.6) is 0 Å². The topological polar surface area (TPSA) is 175 Å². The summed E-state index contributed by atoms with van der Waals surface area (Å²) in [5.74, 6) is -0.623. The van der Waals surface area contributed by atoms with Crippen LogP contribution in [0.4, 0.5) is 23.0 Å².